The Labute approximate surface area is 65.6 Å². The summed E-state index contributed by atoms with van der Waals surface area (Å²) in [5.41, 5.74) is 0. The zero-order chi connectivity index (χ0) is 3.54. The molecular formula is C6H14OZn. The standard InChI is InChI=1S/C4H8O.2CH3.Zn/c1-2-4-5-3-1;;;/h1-4H2;2*1H3;/q;2*-1;+2. The van der Waals surface area contributed by atoms with Crippen LogP contribution in [0.5, 0.6) is 0 Å². The van der Waals surface area contributed by atoms with Crippen molar-refractivity contribution in [3.8, 4) is 0 Å². The molecule has 46 valence electrons. The molecular weight excluding hydrogens is 153 g/mol. The predicted molar refractivity (Wildman–Crippen MR) is 32.9 cm³/mol. The zero-order valence-corrected chi connectivity index (χ0v) is 8.91. The molecule has 1 aliphatic heterocycles. The fourth-order valence-corrected chi connectivity index (χ4v) is 0.510. The summed E-state index contributed by atoms with van der Waals surface area (Å²) in [6.45, 7) is 2.00. The van der Waals surface area contributed by atoms with Crippen LogP contribution in [-0.4, -0.2) is 13.2 Å². The molecule has 0 unspecified atom stereocenters. The fraction of sp³-hybridized carbons (Fsp3) is 0.667. The Morgan fingerprint density at radius 3 is 1.38 bits per heavy atom. The third-order valence-corrected chi connectivity index (χ3v) is 0.827. The third kappa shape index (κ3) is 6.58. The first kappa shape index (κ1) is 15.8. The van der Waals surface area contributed by atoms with E-state index in [1.165, 1.54) is 12.8 Å². The SMILES string of the molecule is C1CCOC1.[CH3-].[CH3-].[Zn+2]. The van der Waals surface area contributed by atoms with Gasteiger partial charge in [0.2, 0.25) is 0 Å². The van der Waals surface area contributed by atoms with E-state index in [1.54, 1.807) is 0 Å². The predicted octanol–water partition coefficient (Wildman–Crippen LogP) is 1.69. The summed E-state index contributed by atoms with van der Waals surface area (Å²) in [6, 6.07) is 0. The van der Waals surface area contributed by atoms with Gasteiger partial charge in [0.25, 0.3) is 0 Å². The van der Waals surface area contributed by atoms with Crippen LogP contribution in [0.4, 0.5) is 0 Å². The van der Waals surface area contributed by atoms with Crippen LogP contribution in [0.2, 0.25) is 0 Å². The van der Waals surface area contributed by atoms with Gasteiger partial charge in [-0.1, -0.05) is 0 Å². The molecule has 0 atom stereocenters. The van der Waals surface area contributed by atoms with Crippen LogP contribution in [0.25, 0.3) is 0 Å². The maximum absolute atomic E-state index is 4.94. The minimum atomic E-state index is 0. The molecule has 0 saturated carbocycles. The first-order chi connectivity index (χ1) is 2.50. The maximum atomic E-state index is 4.94. The minimum Gasteiger partial charge on any atom is -0.381 e. The van der Waals surface area contributed by atoms with E-state index in [0.717, 1.165) is 13.2 Å². The average Bonchev–Trinajstić information content (AvgIpc) is 1.76. The molecule has 0 aromatic carbocycles. The van der Waals surface area contributed by atoms with Crippen molar-refractivity contribution in [3.05, 3.63) is 14.9 Å². The maximum Gasteiger partial charge on any atom is 2.00 e. The van der Waals surface area contributed by atoms with E-state index in [1.807, 2.05) is 0 Å². The van der Waals surface area contributed by atoms with Gasteiger partial charge in [-0.05, 0) is 12.8 Å². The normalized spacial score (nSPS) is 15.0. The van der Waals surface area contributed by atoms with Crippen LogP contribution in [0, 0.1) is 14.9 Å². The van der Waals surface area contributed by atoms with Crippen LogP contribution in [0.15, 0.2) is 0 Å². The summed E-state index contributed by atoms with van der Waals surface area (Å²) in [6.07, 6.45) is 2.56. The fourth-order valence-electron chi connectivity index (χ4n) is 0.510. The van der Waals surface area contributed by atoms with Gasteiger partial charge in [-0.3, -0.25) is 0 Å². The van der Waals surface area contributed by atoms with Crippen molar-refractivity contribution in [1.29, 1.82) is 0 Å². The molecule has 0 radical (unpaired) electrons. The van der Waals surface area contributed by atoms with Crippen LogP contribution in [0.3, 0.4) is 0 Å². The first-order valence-electron chi connectivity index (χ1n) is 2.08. The second-order valence-electron chi connectivity index (χ2n) is 1.32. The van der Waals surface area contributed by atoms with Gasteiger partial charge >= 0.3 is 19.5 Å². The minimum absolute atomic E-state index is 0. The third-order valence-electron chi connectivity index (χ3n) is 0.827. The Morgan fingerprint density at radius 1 is 0.875 bits per heavy atom. The van der Waals surface area contributed by atoms with E-state index >= 15 is 0 Å². The van der Waals surface area contributed by atoms with Crippen LogP contribution < -0.4 is 0 Å². The summed E-state index contributed by atoms with van der Waals surface area (Å²) < 4.78 is 4.94. The first-order valence-corrected chi connectivity index (χ1v) is 2.08. The molecule has 8 heavy (non-hydrogen) atoms. The second kappa shape index (κ2) is 10.5. The Hall–Kier alpha value is 0.583. The van der Waals surface area contributed by atoms with Crippen molar-refractivity contribution < 1.29 is 24.2 Å². The number of ether oxygens (including phenoxy) is 1. The summed E-state index contributed by atoms with van der Waals surface area (Å²) in [7, 11) is 0. The van der Waals surface area contributed by atoms with Gasteiger partial charge in [-0.15, -0.1) is 0 Å². The zero-order valence-electron chi connectivity index (χ0n) is 5.94. The molecule has 1 saturated heterocycles. The largest absolute Gasteiger partial charge is 2.00 e. The van der Waals surface area contributed by atoms with E-state index in [4.69, 9.17) is 4.74 Å². The van der Waals surface area contributed by atoms with Gasteiger partial charge < -0.3 is 19.6 Å². The Bertz CT molecular complexity index is 20.1. The second-order valence-corrected chi connectivity index (χ2v) is 1.32. The molecule has 0 N–H and O–H groups in total. The summed E-state index contributed by atoms with van der Waals surface area (Å²) in [4.78, 5) is 0. The smallest absolute Gasteiger partial charge is 0.381 e. The Kier molecular flexibility index (Phi) is 20.9. The molecule has 0 bridgehead atoms. The molecule has 0 aliphatic carbocycles. The number of hydrogen-bond donors (Lipinski definition) is 0. The Balaban J connectivity index is -0.0000000833. The molecule has 0 spiro atoms. The van der Waals surface area contributed by atoms with Crippen LogP contribution >= 0.6 is 0 Å². The van der Waals surface area contributed by atoms with Gasteiger partial charge in [-0.25, -0.2) is 0 Å². The molecule has 1 aliphatic rings. The van der Waals surface area contributed by atoms with E-state index in [-0.39, 0.29) is 34.3 Å². The molecule has 2 heteroatoms. The van der Waals surface area contributed by atoms with Gasteiger partial charge in [-0.2, -0.15) is 0 Å². The van der Waals surface area contributed by atoms with Crippen LogP contribution in [-0.2, 0) is 24.2 Å². The average molecular weight is 168 g/mol. The molecule has 1 rings (SSSR count). The van der Waals surface area contributed by atoms with E-state index < -0.39 is 0 Å². The van der Waals surface area contributed by atoms with Crippen molar-refractivity contribution >= 4 is 0 Å². The monoisotopic (exact) mass is 166 g/mol. The van der Waals surface area contributed by atoms with E-state index in [9.17, 15) is 0 Å². The van der Waals surface area contributed by atoms with Gasteiger partial charge in [0.1, 0.15) is 0 Å². The topological polar surface area (TPSA) is 9.23 Å². The molecule has 1 fully saturated rings. The quantitative estimate of drug-likeness (QED) is 0.394. The molecule has 1 nitrogen and oxygen atoms in total. The van der Waals surface area contributed by atoms with Gasteiger partial charge in [0.15, 0.2) is 0 Å². The summed E-state index contributed by atoms with van der Waals surface area (Å²) >= 11 is 0. The van der Waals surface area contributed by atoms with Gasteiger partial charge in [0, 0.05) is 13.2 Å². The molecule has 0 amide bonds. The van der Waals surface area contributed by atoms with Crippen molar-refractivity contribution in [3.63, 3.8) is 0 Å². The summed E-state index contributed by atoms with van der Waals surface area (Å²) in [5.74, 6) is 0. The van der Waals surface area contributed by atoms with Gasteiger partial charge in [0.05, 0.1) is 0 Å². The summed E-state index contributed by atoms with van der Waals surface area (Å²) in [5, 5.41) is 0. The number of rotatable bonds is 0. The van der Waals surface area contributed by atoms with Crippen LogP contribution in [0.1, 0.15) is 12.8 Å². The molecule has 0 aromatic rings. The van der Waals surface area contributed by atoms with Crippen molar-refractivity contribution in [1.82, 2.24) is 0 Å². The van der Waals surface area contributed by atoms with Crippen molar-refractivity contribution in [2.24, 2.45) is 0 Å². The van der Waals surface area contributed by atoms with Crippen molar-refractivity contribution in [2.75, 3.05) is 13.2 Å². The molecule has 0 aromatic heterocycles. The van der Waals surface area contributed by atoms with E-state index in [2.05, 4.69) is 0 Å². The Morgan fingerprint density at radius 2 is 1.25 bits per heavy atom. The number of hydrogen-bond acceptors (Lipinski definition) is 1. The molecule has 1 heterocycles. The van der Waals surface area contributed by atoms with Crippen molar-refractivity contribution in [2.45, 2.75) is 12.8 Å². The van der Waals surface area contributed by atoms with E-state index in [0.29, 0.717) is 0 Å².